The van der Waals surface area contributed by atoms with Crippen LogP contribution >= 0.6 is 11.6 Å². The highest BCUT2D eigenvalue weighted by Crippen LogP contribution is 2.60. The minimum atomic E-state index is -0.603. The van der Waals surface area contributed by atoms with Crippen LogP contribution in [0, 0.1) is 5.82 Å². The van der Waals surface area contributed by atoms with E-state index in [1.807, 2.05) is 0 Å². The van der Waals surface area contributed by atoms with Gasteiger partial charge in [-0.1, -0.05) is 11.6 Å². The zero-order valence-corrected chi connectivity index (χ0v) is 16.6. The fourth-order valence-corrected chi connectivity index (χ4v) is 4.57. The smallest absolute Gasteiger partial charge is 0.258 e. The summed E-state index contributed by atoms with van der Waals surface area (Å²) in [5.41, 5.74) is -0.0972. The van der Waals surface area contributed by atoms with Crippen LogP contribution in [0.15, 0.2) is 36.4 Å². The van der Waals surface area contributed by atoms with Crippen molar-refractivity contribution in [2.24, 2.45) is 0 Å². The van der Waals surface area contributed by atoms with Crippen molar-refractivity contribution in [1.29, 1.82) is 0 Å². The van der Waals surface area contributed by atoms with Gasteiger partial charge in [-0.25, -0.2) is 4.39 Å². The summed E-state index contributed by atoms with van der Waals surface area (Å²) in [6.07, 6.45) is 1.99. The number of nitrogens with one attached hydrogen (secondary N) is 2. The number of benzene rings is 2. The molecule has 2 N–H and O–H groups in total. The van der Waals surface area contributed by atoms with Crippen molar-refractivity contribution in [3.63, 3.8) is 0 Å². The van der Waals surface area contributed by atoms with Crippen molar-refractivity contribution in [1.82, 2.24) is 10.6 Å². The minimum absolute atomic E-state index is 0.00578. The average Bonchev–Trinajstić information content (AvgIpc) is 3.14. The maximum absolute atomic E-state index is 13.4. The highest BCUT2D eigenvalue weighted by molar-refractivity contribution is 6.30. The molecule has 0 atom stereocenters. The zero-order valence-electron chi connectivity index (χ0n) is 15.8. The third-order valence-corrected chi connectivity index (χ3v) is 6.02. The molecule has 0 spiro atoms. The van der Waals surface area contributed by atoms with Crippen molar-refractivity contribution in [2.75, 3.05) is 13.4 Å². The van der Waals surface area contributed by atoms with Gasteiger partial charge in [-0.05, 0) is 49.6 Å². The monoisotopic (exact) mass is 432 g/mol. The minimum Gasteiger partial charge on any atom is -0.484 e. The first-order valence-electron chi connectivity index (χ1n) is 9.47. The number of amides is 2. The Labute approximate surface area is 176 Å². The molecule has 6 rings (SSSR count). The van der Waals surface area contributed by atoms with Crippen LogP contribution in [0.2, 0.25) is 5.02 Å². The Hall–Kier alpha value is -3.00. The molecule has 0 radical (unpaired) electrons. The number of carbonyl (C=O) groups is 2. The van der Waals surface area contributed by atoms with Gasteiger partial charge in [0.2, 0.25) is 6.79 Å². The first-order chi connectivity index (χ1) is 14.4. The Kier molecular flexibility index (Phi) is 4.28. The molecule has 3 saturated carbocycles. The van der Waals surface area contributed by atoms with Crippen LogP contribution in [-0.2, 0) is 4.79 Å². The Morgan fingerprint density at radius 1 is 1.03 bits per heavy atom. The number of halogens is 2. The number of carbonyl (C=O) groups excluding carboxylic acids is 2. The van der Waals surface area contributed by atoms with Crippen LogP contribution in [0.1, 0.15) is 29.6 Å². The predicted molar refractivity (Wildman–Crippen MR) is 104 cm³/mol. The lowest BCUT2D eigenvalue weighted by Gasteiger charge is -2.70. The highest BCUT2D eigenvalue weighted by Gasteiger charge is 2.69. The molecule has 2 amide bonds. The molecule has 2 bridgehead atoms. The number of fused-ring (bicyclic) bond motifs is 1. The van der Waals surface area contributed by atoms with Crippen molar-refractivity contribution in [2.45, 2.75) is 30.3 Å². The largest absolute Gasteiger partial charge is 0.484 e. The molecule has 156 valence electrons. The third kappa shape index (κ3) is 3.31. The molecule has 0 unspecified atom stereocenters. The van der Waals surface area contributed by atoms with E-state index in [2.05, 4.69) is 10.6 Å². The van der Waals surface area contributed by atoms with Gasteiger partial charge < -0.3 is 24.8 Å². The van der Waals surface area contributed by atoms with E-state index in [1.54, 1.807) is 18.2 Å². The number of hydrogen-bond donors (Lipinski definition) is 2. The Balaban J connectivity index is 1.10. The fourth-order valence-electron chi connectivity index (χ4n) is 4.45. The lowest BCUT2D eigenvalue weighted by Crippen LogP contribution is -2.84. The van der Waals surface area contributed by atoms with Gasteiger partial charge in [-0.3, -0.25) is 9.59 Å². The molecular formula is C21H18ClFN2O5. The summed E-state index contributed by atoms with van der Waals surface area (Å²) in [5.74, 6) is 0.347. The van der Waals surface area contributed by atoms with Gasteiger partial charge in [0, 0.05) is 22.7 Å². The van der Waals surface area contributed by atoms with E-state index in [4.69, 9.17) is 25.8 Å². The number of hydrogen-bond acceptors (Lipinski definition) is 5. The molecule has 2 aromatic rings. The molecule has 0 saturated heterocycles. The SMILES string of the molecule is O=C(COc1ccc(Cl)c(F)c1)NC12CC(NC(=O)c3ccc4c(c3)OCO4)(C1)C2. The second-order valence-corrected chi connectivity index (χ2v) is 8.43. The van der Waals surface area contributed by atoms with Crippen molar-refractivity contribution in [3.05, 3.63) is 52.8 Å². The van der Waals surface area contributed by atoms with Gasteiger partial charge in [-0.15, -0.1) is 0 Å². The molecular weight excluding hydrogens is 415 g/mol. The van der Waals surface area contributed by atoms with Crippen LogP contribution in [0.25, 0.3) is 0 Å². The van der Waals surface area contributed by atoms with E-state index in [0.29, 0.717) is 36.3 Å². The van der Waals surface area contributed by atoms with E-state index in [1.165, 1.54) is 12.1 Å². The molecule has 1 aliphatic heterocycles. The van der Waals surface area contributed by atoms with Crippen molar-refractivity contribution in [3.8, 4) is 17.2 Å². The van der Waals surface area contributed by atoms with Gasteiger partial charge >= 0.3 is 0 Å². The Morgan fingerprint density at radius 2 is 1.77 bits per heavy atom. The van der Waals surface area contributed by atoms with Gasteiger partial charge in [0.1, 0.15) is 11.6 Å². The van der Waals surface area contributed by atoms with Crippen molar-refractivity contribution < 1.29 is 28.2 Å². The second kappa shape index (κ2) is 6.77. The molecule has 4 aliphatic rings. The van der Waals surface area contributed by atoms with Crippen LogP contribution in [0.5, 0.6) is 17.2 Å². The Morgan fingerprint density at radius 3 is 2.53 bits per heavy atom. The van der Waals surface area contributed by atoms with Crippen LogP contribution < -0.4 is 24.8 Å². The van der Waals surface area contributed by atoms with Crippen LogP contribution in [0.4, 0.5) is 4.39 Å². The summed E-state index contributed by atoms with van der Waals surface area (Å²) in [6, 6.07) is 9.09. The summed E-state index contributed by atoms with van der Waals surface area (Å²) >= 11 is 5.62. The van der Waals surface area contributed by atoms with E-state index in [9.17, 15) is 14.0 Å². The summed E-state index contributed by atoms with van der Waals surface area (Å²) in [6.45, 7) is -0.0669. The molecule has 3 fully saturated rings. The summed E-state index contributed by atoms with van der Waals surface area (Å²) in [5, 5.41) is 6.01. The highest BCUT2D eigenvalue weighted by atomic mass is 35.5. The predicted octanol–water partition coefficient (Wildman–Crippen LogP) is 2.81. The third-order valence-electron chi connectivity index (χ3n) is 5.71. The lowest BCUT2D eigenvalue weighted by molar-refractivity contribution is -0.141. The van der Waals surface area contributed by atoms with Gasteiger partial charge in [0.15, 0.2) is 18.1 Å². The van der Waals surface area contributed by atoms with Gasteiger partial charge in [0.05, 0.1) is 5.02 Å². The number of rotatable bonds is 6. The second-order valence-electron chi connectivity index (χ2n) is 8.03. The molecule has 30 heavy (non-hydrogen) atoms. The zero-order chi connectivity index (χ0) is 20.9. The summed E-state index contributed by atoms with van der Waals surface area (Å²) in [7, 11) is 0. The Bertz CT molecular complexity index is 1040. The first-order valence-corrected chi connectivity index (χ1v) is 9.84. The van der Waals surface area contributed by atoms with Gasteiger partial charge in [-0.2, -0.15) is 0 Å². The quantitative estimate of drug-likeness (QED) is 0.733. The van der Waals surface area contributed by atoms with E-state index < -0.39 is 5.82 Å². The summed E-state index contributed by atoms with van der Waals surface area (Å²) in [4.78, 5) is 24.7. The maximum atomic E-state index is 13.4. The standard InChI is InChI=1S/C21H18ClFN2O5/c22-14-3-2-13(6-15(14)23)28-7-18(26)24-20-8-21(9-20,10-20)25-19(27)12-1-4-16-17(5-12)30-11-29-16/h1-6H,7-11H2,(H,24,26)(H,25,27). The average molecular weight is 433 g/mol. The van der Waals surface area contributed by atoms with E-state index >= 15 is 0 Å². The molecule has 3 aliphatic carbocycles. The fraction of sp³-hybridized carbons (Fsp3) is 0.333. The van der Waals surface area contributed by atoms with E-state index in [-0.39, 0.29) is 47.1 Å². The normalized spacial score (nSPS) is 25.0. The van der Waals surface area contributed by atoms with Crippen molar-refractivity contribution >= 4 is 23.4 Å². The van der Waals surface area contributed by atoms with Gasteiger partial charge in [0.25, 0.3) is 11.8 Å². The lowest BCUT2D eigenvalue weighted by atomic mass is 9.44. The van der Waals surface area contributed by atoms with Crippen LogP contribution in [0.3, 0.4) is 0 Å². The topological polar surface area (TPSA) is 85.9 Å². The van der Waals surface area contributed by atoms with E-state index in [0.717, 1.165) is 6.07 Å². The molecule has 0 aromatic heterocycles. The van der Waals surface area contributed by atoms with Crippen LogP contribution in [-0.4, -0.2) is 36.3 Å². The maximum Gasteiger partial charge on any atom is 0.258 e. The molecule has 2 aromatic carbocycles. The number of ether oxygens (including phenoxy) is 3. The first kappa shape index (κ1) is 19.0. The molecule has 9 heteroatoms. The summed E-state index contributed by atoms with van der Waals surface area (Å²) < 4.78 is 29.3. The molecule has 1 heterocycles. The molecule has 7 nitrogen and oxygen atoms in total.